The van der Waals surface area contributed by atoms with Gasteiger partial charge in [0.2, 0.25) is 0 Å². The van der Waals surface area contributed by atoms with Gasteiger partial charge in [-0.25, -0.2) is 4.99 Å². The maximum absolute atomic E-state index is 6.63. The fraction of sp³-hybridized carbons (Fsp3) is 0.0952. The van der Waals surface area contributed by atoms with Crippen molar-refractivity contribution in [1.29, 1.82) is 0 Å². The predicted molar refractivity (Wildman–Crippen MR) is 108 cm³/mol. The lowest BCUT2D eigenvalue weighted by atomic mass is 9.98. The van der Waals surface area contributed by atoms with Gasteiger partial charge in [-0.1, -0.05) is 60.1 Å². The van der Waals surface area contributed by atoms with Crippen molar-refractivity contribution < 1.29 is 0 Å². The highest BCUT2D eigenvalue weighted by atomic mass is 35.5. The van der Waals surface area contributed by atoms with Gasteiger partial charge in [-0.2, -0.15) is 0 Å². The van der Waals surface area contributed by atoms with Crippen LogP contribution in [0.15, 0.2) is 71.9 Å². The number of para-hydroxylation sites is 1. The van der Waals surface area contributed by atoms with E-state index in [2.05, 4.69) is 65.4 Å². The summed E-state index contributed by atoms with van der Waals surface area (Å²) in [4.78, 5) is 4.82. The van der Waals surface area contributed by atoms with E-state index in [1.165, 1.54) is 11.3 Å². The average Bonchev–Trinajstić information content (AvgIpc) is 3.01. The second-order valence-electron chi connectivity index (χ2n) is 6.16. The third-order valence-electron chi connectivity index (χ3n) is 4.78. The molecule has 0 unspecified atom stereocenters. The maximum atomic E-state index is 6.63. The molecule has 0 saturated heterocycles. The minimum atomic E-state index is 0. The lowest BCUT2D eigenvalue weighted by Crippen LogP contribution is -2.06. The van der Waals surface area contributed by atoms with Gasteiger partial charge in [0.25, 0.3) is 0 Å². The number of fused-ring (bicyclic) bond motifs is 2. The zero-order chi connectivity index (χ0) is 16.1. The van der Waals surface area contributed by atoms with Gasteiger partial charge >= 0.3 is 0 Å². The smallest absolute Gasteiger partial charge is 0.138 e. The van der Waals surface area contributed by atoms with Crippen molar-refractivity contribution in [3.05, 3.63) is 78.1 Å². The second kappa shape index (κ2) is 6.21. The molecular formula is C21H16Cl2N2. The number of aliphatic imine (C=N–C) groups is 1. The number of rotatable bonds is 1. The molecule has 1 aliphatic heterocycles. The van der Waals surface area contributed by atoms with E-state index in [1.54, 1.807) is 0 Å². The van der Waals surface area contributed by atoms with Crippen molar-refractivity contribution >= 4 is 40.4 Å². The highest BCUT2D eigenvalue weighted by molar-refractivity contribution is 6.76. The summed E-state index contributed by atoms with van der Waals surface area (Å²) in [6.45, 7) is 0. The first-order valence-electron chi connectivity index (χ1n) is 8.17. The maximum Gasteiger partial charge on any atom is 0.138 e. The summed E-state index contributed by atoms with van der Waals surface area (Å²) in [5.74, 6) is 0. The SMILES string of the molecule is Cl.ClC1=Nc2c(-c3ccccc3)cccc2-n2ccc3c2C1=CCC3. The van der Waals surface area contributed by atoms with E-state index in [0.717, 1.165) is 40.9 Å². The fourth-order valence-electron chi connectivity index (χ4n) is 3.68. The van der Waals surface area contributed by atoms with Gasteiger partial charge in [0.15, 0.2) is 0 Å². The van der Waals surface area contributed by atoms with E-state index in [1.807, 2.05) is 6.07 Å². The van der Waals surface area contributed by atoms with Crippen LogP contribution < -0.4 is 0 Å². The fourth-order valence-corrected chi connectivity index (χ4v) is 3.93. The summed E-state index contributed by atoms with van der Waals surface area (Å²) in [5.41, 5.74) is 7.87. The van der Waals surface area contributed by atoms with Crippen LogP contribution in [-0.2, 0) is 6.42 Å². The van der Waals surface area contributed by atoms with Crippen LogP contribution in [0.1, 0.15) is 17.7 Å². The molecule has 0 N–H and O–H groups in total. The van der Waals surface area contributed by atoms with E-state index in [9.17, 15) is 0 Å². The molecule has 0 spiro atoms. The molecule has 2 aliphatic rings. The first-order valence-corrected chi connectivity index (χ1v) is 8.55. The summed E-state index contributed by atoms with van der Waals surface area (Å²) >= 11 is 6.63. The summed E-state index contributed by atoms with van der Waals surface area (Å²) in [6.07, 6.45) is 6.42. The Hall–Kier alpha value is -2.29. The van der Waals surface area contributed by atoms with Crippen molar-refractivity contribution in [1.82, 2.24) is 4.57 Å². The van der Waals surface area contributed by atoms with Crippen LogP contribution in [0, 0.1) is 0 Å². The van der Waals surface area contributed by atoms with Crippen LogP contribution in [-0.4, -0.2) is 9.74 Å². The summed E-state index contributed by atoms with van der Waals surface area (Å²) in [7, 11) is 0. The van der Waals surface area contributed by atoms with Crippen LogP contribution in [0.5, 0.6) is 0 Å². The molecule has 1 aromatic heterocycles. The highest BCUT2D eigenvalue weighted by Gasteiger charge is 2.26. The molecule has 0 bridgehead atoms. The molecule has 124 valence electrons. The monoisotopic (exact) mass is 366 g/mol. The molecule has 25 heavy (non-hydrogen) atoms. The number of hydrogen-bond donors (Lipinski definition) is 0. The molecule has 2 heterocycles. The van der Waals surface area contributed by atoms with Crippen molar-refractivity contribution in [2.24, 2.45) is 4.99 Å². The van der Waals surface area contributed by atoms with Gasteiger partial charge in [-0.3, -0.25) is 0 Å². The van der Waals surface area contributed by atoms with Crippen LogP contribution in [0.4, 0.5) is 5.69 Å². The van der Waals surface area contributed by atoms with Crippen molar-refractivity contribution in [3.8, 4) is 16.8 Å². The van der Waals surface area contributed by atoms with Crippen LogP contribution >= 0.6 is 24.0 Å². The molecular weight excluding hydrogens is 351 g/mol. The molecule has 0 saturated carbocycles. The van der Waals surface area contributed by atoms with Gasteiger partial charge < -0.3 is 4.57 Å². The highest BCUT2D eigenvalue weighted by Crippen LogP contribution is 2.42. The number of halogens is 2. The number of allylic oxidation sites excluding steroid dienone is 2. The van der Waals surface area contributed by atoms with Gasteiger partial charge in [0.1, 0.15) is 5.17 Å². The van der Waals surface area contributed by atoms with Crippen molar-refractivity contribution in [2.45, 2.75) is 12.8 Å². The number of aryl methyl sites for hydroxylation is 1. The van der Waals surface area contributed by atoms with E-state index >= 15 is 0 Å². The van der Waals surface area contributed by atoms with Crippen molar-refractivity contribution in [2.75, 3.05) is 0 Å². The Bertz CT molecular complexity index is 1010. The Balaban J connectivity index is 0.00000157. The predicted octanol–water partition coefficient (Wildman–Crippen LogP) is 6.18. The Morgan fingerprint density at radius 2 is 1.80 bits per heavy atom. The first-order chi connectivity index (χ1) is 11.8. The minimum absolute atomic E-state index is 0. The Kier molecular flexibility index (Phi) is 4.03. The minimum Gasteiger partial charge on any atom is -0.314 e. The molecule has 0 amide bonds. The normalized spacial score (nSPS) is 14.4. The number of aromatic nitrogens is 1. The zero-order valence-corrected chi connectivity index (χ0v) is 15.0. The average molecular weight is 367 g/mol. The van der Waals surface area contributed by atoms with Gasteiger partial charge in [0.05, 0.1) is 17.1 Å². The topological polar surface area (TPSA) is 17.3 Å². The van der Waals surface area contributed by atoms with Crippen LogP contribution in [0.3, 0.4) is 0 Å². The molecule has 1 aliphatic carbocycles. The van der Waals surface area contributed by atoms with E-state index in [-0.39, 0.29) is 12.4 Å². The Labute approximate surface area is 157 Å². The molecule has 0 atom stereocenters. The third kappa shape index (κ3) is 2.45. The zero-order valence-electron chi connectivity index (χ0n) is 13.4. The summed E-state index contributed by atoms with van der Waals surface area (Å²) < 4.78 is 2.24. The molecule has 2 nitrogen and oxygen atoms in total. The van der Waals surface area contributed by atoms with E-state index in [4.69, 9.17) is 16.6 Å². The molecule has 4 heteroatoms. The first kappa shape index (κ1) is 16.2. The largest absolute Gasteiger partial charge is 0.314 e. The molecule has 0 fully saturated rings. The molecule has 0 radical (unpaired) electrons. The lowest BCUT2D eigenvalue weighted by Gasteiger charge is -2.15. The van der Waals surface area contributed by atoms with E-state index < -0.39 is 0 Å². The van der Waals surface area contributed by atoms with Crippen molar-refractivity contribution in [3.63, 3.8) is 0 Å². The summed E-state index contributed by atoms with van der Waals surface area (Å²) in [6, 6.07) is 18.9. The quantitative estimate of drug-likeness (QED) is 0.489. The molecule has 5 rings (SSSR count). The van der Waals surface area contributed by atoms with Crippen LogP contribution in [0.25, 0.3) is 22.4 Å². The standard InChI is InChI=1S/C21H15ClN2.ClH/c22-21-17-10-4-8-15-12-13-24(20(15)17)18-11-5-9-16(19(18)23-21)14-6-2-1-3-7-14;/h1-3,5-7,9-13H,4,8H2;1H. The van der Waals surface area contributed by atoms with E-state index in [0.29, 0.717) is 5.17 Å². The lowest BCUT2D eigenvalue weighted by molar-refractivity contribution is 0.955. The Morgan fingerprint density at radius 3 is 2.64 bits per heavy atom. The van der Waals surface area contributed by atoms with Crippen LogP contribution in [0.2, 0.25) is 0 Å². The van der Waals surface area contributed by atoms with Gasteiger partial charge in [-0.05, 0) is 36.1 Å². The summed E-state index contributed by atoms with van der Waals surface area (Å²) in [5, 5.41) is 0.582. The number of benzene rings is 2. The molecule has 2 aromatic carbocycles. The van der Waals surface area contributed by atoms with Gasteiger partial charge in [0, 0.05) is 17.3 Å². The molecule has 3 aromatic rings. The Morgan fingerprint density at radius 1 is 0.960 bits per heavy atom. The van der Waals surface area contributed by atoms with Gasteiger partial charge in [-0.15, -0.1) is 12.4 Å². The second-order valence-corrected chi connectivity index (χ2v) is 6.52. The number of nitrogens with zero attached hydrogens (tertiary/aromatic N) is 2. The third-order valence-corrected chi connectivity index (χ3v) is 5.07. The number of hydrogen-bond acceptors (Lipinski definition) is 1.